The highest BCUT2D eigenvalue weighted by Gasteiger charge is 2.60. The van der Waals surface area contributed by atoms with Gasteiger partial charge in [0.15, 0.2) is 0 Å². The molecule has 3 aliphatic rings. The number of carbonyl (C=O) groups is 3. The summed E-state index contributed by atoms with van der Waals surface area (Å²) in [7, 11) is 0. The summed E-state index contributed by atoms with van der Waals surface area (Å²) in [6.45, 7) is 8.71. The number of imide groups is 1. The minimum atomic E-state index is -0.435. The molecule has 0 spiro atoms. The number of carbonyl (C=O) groups excluding carboxylic acids is 3. The molecule has 2 aromatic rings. The summed E-state index contributed by atoms with van der Waals surface area (Å²) in [5.41, 5.74) is 4.36. The fraction of sp³-hybridized carbons (Fsp3) is 0.393. The predicted molar refractivity (Wildman–Crippen MR) is 126 cm³/mol. The number of rotatable bonds is 4. The Morgan fingerprint density at radius 1 is 0.970 bits per heavy atom. The lowest BCUT2D eigenvalue weighted by molar-refractivity contribution is -0.123. The Balaban J connectivity index is 1.24. The number of amides is 2. The molecule has 5 nitrogen and oxygen atoms in total. The van der Waals surface area contributed by atoms with Crippen LogP contribution in [0.15, 0.2) is 60.2 Å². The van der Waals surface area contributed by atoms with Gasteiger partial charge in [-0.15, -0.1) is 0 Å². The van der Waals surface area contributed by atoms with E-state index >= 15 is 0 Å². The molecule has 1 saturated heterocycles. The Morgan fingerprint density at radius 2 is 1.61 bits per heavy atom. The molecular formula is C28H29NO4. The number of fused-ring (bicyclic) bond motifs is 5. The molecule has 1 saturated carbocycles. The van der Waals surface area contributed by atoms with Crippen molar-refractivity contribution in [2.45, 2.75) is 46.1 Å². The number of hydrogen-bond acceptors (Lipinski definition) is 4. The summed E-state index contributed by atoms with van der Waals surface area (Å²) in [5, 5.41) is 0. The van der Waals surface area contributed by atoms with E-state index in [1.807, 2.05) is 12.1 Å². The van der Waals surface area contributed by atoms with Gasteiger partial charge in [-0.05, 0) is 66.0 Å². The lowest BCUT2D eigenvalue weighted by Crippen LogP contribution is -2.32. The molecule has 0 aromatic heterocycles. The maximum absolute atomic E-state index is 13.1. The van der Waals surface area contributed by atoms with Crippen molar-refractivity contribution in [2.24, 2.45) is 23.7 Å². The summed E-state index contributed by atoms with van der Waals surface area (Å²) in [5.74, 6) is -0.770. The molecule has 0 N–H and O–H groups in total. The Kier molecular flexibility index (Phi) is 5.04. The molecule has 5 rings (SSSR count). The minimum absolute atomic E-state index is 0.0720. The fourth-order valence-electron chi connectivity index (χ4n) is 5.61. The molecule has 2 bridgehead atoms. The van der Waals surface area contributed by atoms with Crippen LogP contribution in [0.2, 0.25) is 0 Å². The van der Waals surface area contributed by atoms with Crippen molar-refractivity contribution < 1.29 is 19.1 Å². The van der Waals surface area contributed by atoms with E-state index in [0.29, 0.717) is 11.3 Å². The standard InChI is InChI=1S/C28H29NO4/c1-16-13-19-14-22(16)24-23(19)25(30)29(26(24)31)21-11-7-18(8-12-21)27(32)33-15-17-5-9-20(10-6-17)28(2,3)4/h5-13,19,22-24H,14-15H2,1-4H3/t19-,22+,23-,24-/m1/s1. The van der Waals surface area contributed by atoms with Gasteiger partial charge in [-0.1, -0.05) is 56.7 Å². The van der Waals surface area contributed by atoms with E-state index in [0.717, 1.165) is 12.0 Å². The molecule has 1 heterocycles. The lowest BCUT2D eigenvalue weighted by atomic mass is 9.82. The first-order valence-corrected chi connectivity index (χ1v) is 11.6. The average Bonchev–Trinajstić information content (AvgIpc) is 3.42. The van der Waals surface area contributed by atoms with E-state index < -0.39 is 5.97 Å². The SMILES string of the molecule is CC1=C[C@@H]2C[C@@H]1[C@H]1C(=O)N(c3ccc(C(=O)OCc4ccc(C(C)(C)C)cc4)cc3)C(=O)[C@@H]12. The number of benzene rings is 2. The second-order valence-electron chi connectivity index (χ2n) is 10.6. The molecular weight excluding hydrogens is 414 g/mol. The number of esters is 1. The van der Waals surface area contributed by atoms with Crippen molar-refractivity contribution in [1.29, 1.82) is 0 Å². The number of allylic oxidation sites excluding steroid dienone is 2. The predicted octanol–water partition coefficient (Wildman–Crippen LogP) is 5.04. The van der Waals surface area contributed by atoms with Gasteiger partial charge in [-0.3, -0.25) is 14.5 Å². The monoisotopic (exact) mass is 443 g/mol. The van der Waals surface area contributed by atoms with E-state index in [9.17, 15) is 14.4 Å². The second kappa shape index (κ2) is 7.68. The topological polar surface area (TPSA) is 63.7 Å². The zero-order chi connectivity index (χ0) is 23.5. The van der Waals surface area contributed by atoms with Crippen LogP contribution in [-0.4, -0.2) is 17.8 Å². The first kappa shape index (κ1) is 21.6. The van der Waals surface area contributed by atoms with Crippen LogP contribution in [0, 0.1) is 23.7 Å². The number of anilines is 1. The summed E-state index contributed by atoms with van der Waals surface area (Å²) in [6.07, 6.45) is 3.08. The van der Waals surface area contributed by atoms with Crippen molar-refractivity contribution >= 4 is 23.5 Å². The maximum atomic E-state index is 13.1. The van der Waals surface area contributed by atoms with Gasteiger partial charge in [0.1, 0.15) is 6.61 Å². The third-order valence-electron chi connectivity index (χ3n) is 7.43. The van der Waals surface area contributed by atoms with E-state index in [2.05, 4.69) is 45.9 Å². The van der Waals surface area contributed by atoms with E-state index in [-0.39, 0.29) is 47.5 Å². The second-order valence-corrected chi connectivity index (χ2v) is 10.6. The summed E-state index contributed by atoms with van der Waals surface area (Å²) >= 11 is 0. The third kappa shape index (κ3) is 3.60. The third-order valence-corrected chi connectivity index (χ3v) is 7.43. The highest BCUT2D eigenvalue weighted by molar-refractivity contribution is 6.23. The van der Waals surface area contributed by atoms with Crippen LogP contribution in [0.3, 0.4) is 0 Å². The van der Waals surface area contributed by atoms with Crippen LogP contribution in [0.25, 0.3) is 0 Å². The zero-order valence-electron chi connectivity index (χ0n) is 19.5. The van der Waals surface area contributed by atoms with Gasteiger partial charge in [0, 0.05) is 0 Å². The minimum Gasteiger partial charge on any atom is -0.457 e. The Morgan fingerprint density at radius 3 is 2.24 bits per heavy atom. The molecule has 2 aromatic carbocycles. The van der Waals surface area contributed by atoms with Gasteiger partial charge in [0.05, 0.1) is 23.1 Å². The molecule has 5 heteroatoms. The number of nitrogens with zero attached hydrogens (tertiary/aromatic N) is 1. The van der Waals surface area contributed by atoms with Crippen LogP contribution < -0.4 is 4.90 Å². The number of ether oxygens (including phenoxy) is 1. The van der Waals surface area contributed by atoms with Crippen LogP contribution in [0.1, 0.15) is 55.6 Å². The quantitative estimate of drug-likeness (QED) is 0.377. The summed E-state index contributed by atoms with van der Waals surface area (Å²) in [4.78, 5) is 40.0. The van der Waals surface area contributed by atoms with Crippen molar-refractivity contribution in [2.75, 3.05) is 4.90 Å². The molecule has 2 aliphatic carbocycles. The molecule has 4 atom stereocenters. The lowest BCUT2D eigenvalue weighted by Gasteiger charge is -2.19. The van der Waals surface area contributed by atoms with Crippen LogP contribution >= 0.6 is 0 Å². The van der Waals surface area contributed by atoms with Gasteiger partial charge in [-0.2, -0.15) is 0 Å². The normalized spacial score (nSPS) is 25.9. The Bertz CT molecular complexity index is 1150. The summed E-state index contributed by atoms with van der Waals surface area (Å²) < 4.78 is 5.46. The first-order chi connectivity index (χ1) is 15.6. The van der Waals surface area contributed by atoms with Gasteiger partial charge < -0.3 is 4.74 Å². The van der Waals surface area contributed by atoms with E-state index in [4.69, 9.17) is 4.74 Å². The van der Waals surface area contributed by atoms with Crippen molar-refractivity contribution in [3.05, 3.63) is 76.9 Å². The molecule has 2 amide bonds. The van der Waals surface area contributed by atoms with Gasteiger partial charge in [-0.25, -0.2) is 4.79 Å². The van der Waals surface area contributed by atoms with Crippen LogP contribution in [-0.2, 0) is 26.3 Å². The molecule has 1 aliphatic heterocycles. The van der Waals surface area contributed by atoms with E-state index in [1.165, 1.54) is 16.0 Å². The molecule has 33 heavy (non-hydrogen) atoms. The van der Waals surface area contributed by atoms with Crippen LogP contribution in [0.5, 0.6) is 0 Å². The highest BCUT2D eigenvalue weighted by Crippen LogP contribution is 2.55. The molecule has 0 unspecified atom stereocenters. The maximum Gasteiger partial charge on any atom is 0.338 e. The highest BCUT2D eigenvalue weighted by atomic mass is 16.5. The average molecular weight is 444 g/mol. The largest absolute Gasteiger partial charge is 0.457 e. The Labute approximate surface area is 194 Å². The van der Waals surface area contributed by atoms with Crippen molar-refractivity contribution in [3.63, 3.8) is 0 Å². The van der Waals surface area contributed by atoms with Gasteiger partial charge in [0.25, 0.3) is 0 Å². The number of hydrogen-bond donors (Lipinski definition) is 0. The Hall–Kier alpha value is -3.21. The van der Waals surface area contributed by atoms with Crippen molar-refractivity contribution in [1.82, 2.24) is 0 Å². The zero-order valence-corrected chi connectivity index (χ0v) is 19.5. The fourth-order valence-corrected chi connectivity index (χ4v) is 5.61. The van der Waals surface area contributed by atoms with Gasteiger partial charge >= 0.3 is 5.97 Å². The molecule has 2 fully saturated rings. The molecule has 170 valence electrons. The smallest absolute Gasteiger partial charge is 0.338 e. The van der Waals surface area contributed by atoms with Crippen molar-refractivity contribution in [3.8, 4) is 0 Å². The first-order valence-electron chi connectivity index (χ1n) is 11.6. The van der Waals surface area contributed by atoms with Gasteiger partial charge in [0.2, 0.25) is 11.8 Å². The van der Waals surface area contributed by atoms with Crippen LogP contribution in [0.4, 0.5) is 5.69 Å². The molecule has 0 radical (unpaired) electrons. The summed E-state index contributed by atoms with van der Waals surface area (Å²) in [6, 6.07) is 14.6. The van der Waals surface area contributed by atoms with E-state index in [1.54, 1.807) is 24.3 Å².